The van der Waals surface area contributed by atoms with Crippen LogP contribution >= 0.6 is 15.9 Å². The molecule has 1 heterocycles. The Hall–Kier alpha value is -2.06. The minimum Gasteiger partial charge on any atom is -0.341 e. The summed E-state index contributed by atoms with van der Waals surface area (Å²) in [5, 5.41) is 6.72. The van der Waals surface area contributed by atoms with Gasteiger partial charge in [-0.15, -0.1) is 6.42 Å². The largest absolute Gasteiger partial charge is 0.341 e. The predicted octanol–water partition coefficient (Wildman–Crippen LogP) is 2.00. The lowest BCUT2D eigenvalue weighted by molar-refractivity contribution is 0.0958. The van der Waals surface area contributed by atoms with Crippen LogP contribution < -0.4 is 5.32 Å². The number of carbonyl (C=O) groups is 1. The maximum absolute atomic E-state index is 11.6. The zero-order valence-electron chi connectivity index (χ0n) is 9.43. The Bertz CT molecular complexity index is 595. The van der Waals surface area contributed by atoms with Gasteiger partial charge >= 0.3 is 0 Å². The van der Waals surface area contributed by atoms with Gasteiger partial charge in [0.1, 0.15) is 0 Å². The molecule has 0 bridgehead atoms. The maximum Gasteiger partial charge on any atom is 0.255 e. The molecule has 0 aliphatic rings. The van der Waals surface area contributed by atoms with Crippen LogP contribution in [-0.2, 0) is 0 Å². The number of aromatic nitrogens is 2. The van der Waals surface area contributed by atoms with Crippen molar-refractivity contribution in [3.05, 3.63) is 46.7 Å². The van der Waals surface area contributed by atoms with Crippen molar-refractivity contribution in [1.29, 1.82) is 0 Å². The van der Waals surface area contributed by atoms with Crippen LogP contribution in [0.2, 0.25) is 0 Å². The molecule has 90 valence electrons. The number of nitrogens with one attached hydrogen (secondary N) is 1. The SMILES string of the molecule is C#CCNC(=O)c1cnn(-c2ccc(Br)cc2)c1. The normalized spacial score (nSPS) is 9.78. The molecule has 1 amide bonds. The van der Waals surface area contributed by atoms with Gasteiger partial charge in [-0.2, -0.15) is 5.10 Å². The summed E-state index contributed by atoms with van der Waals surface area (Å²) in [4.78, 5) is 11.6. The summed E-state index contributed by atoms with van der Waals surface area (Å²) in [5.74, 6) is 2.12. The predicted molar refractivity (Wildman–Crippen MR) is 72.4 cm³/mol. The molecule has 2 aromatic rings. The molecule has 0 saturated heterocycles. The third kappa shape index (κ3) is 2.79. The lowest BCUT2D eigenvalue weighted by atomic mass is 10.3. The standard InChI is InChI=1S/C13H10BrN3O/c1-2-7-15-13(18)10-8-16-17(9-10)12-5-3-11(14)4-6-12/h1,3-6,8-9H,7H2,(H,15,18). The van der Waals surface area contributed by atoms with E-state index in [4.69, 9.17) is 6.42 Å². The van der Waals surface area contributed by atoms with Gasteiger partial charge in [0, 0.05) is 10.7 Å². The third-order valence-corrected chi connectivity index (χ3v) is 2.82. The lowest BCUT2D eigenvalue weighted by Gasteiger charge is -2.00. The summed E-state index contributed by atoms with van der Waals surface area (Å²) < 4.78 is 2.63. The molecule has 2 rings (SSSR count). The number of amides is 1. The average molecular weight is 304 g/mol. The van der Waals surface area contributed by atoms with E-state index < -0.39 is 0 Å². The van der Waals surface area contributed by atoms with E-state index in [0.717, 1.165) is 10.2 Å². The second-order valence-corrected chi connectivity index (χ2v) is 4.45. The summed E-state index contributed by atoms with van der Waals surface area (Å²) >= 11 is 3.36. The van der Waals surface area contributed by atoms with E-state index in [1.54, 1.807) is 10.9 Å². The fraction of sp³-hybridized carbons (Fsp3) is 0.0769. The molecule has 0 unspecified atom stereocenters. The maximum atomic E-state index is 11.6. The molecule has 4 nitrogen and oxygen atoms in total. The van der Waals surface area contributed by atoms with Crippen LogP contribution in [0.4, 0.5) is 0 Å². The van der Waals surface area contributed by atoms with E-state index >= 15 is 0 Å². The smallest absolute Gasteiger partial charge is 0.255 e. The van der Waals surface area contributed by atoms with Crippen molar-refractivity contribution >= 4 is 21.8 Å². The van der Waals surface area contributed by atoms with Gasteiger partial charge < -0.3 is 5.32 Å². The van der Waals surface area contributed by atoms with E-state index in [1.807, 2.05) is 24.3 Å². The first kappa shape index (κ1) is 12.4. The molecular weight excluding hydrogens is 294 g/mol. The summed E-state index contributed by atoms with van der Waals surface area (Å²) in [6.07, 6.45) is 8.24. The minimum atomic E-state index is -0.226. The molecule has 0 aliphatic carbocycles. The molecule has 1 N–H and O–H groups in total. The highest BCUT2D eigenvalue weighted by Gasteiger charge is 2.08. The number of hydrogen-bond acceptors (Lipinski definition) is 2. The molecule has 18 heavy (non-hydrogen) atoms. The Kier molecular flexibility index (Phi) is 3.80. The van der Waals surface area contributed by atoms with Crippen molar-refractivity contribution < 1.29 is 4.79 Å². The van der Waals surface area contributed by atoms with Crippen molar-refractivity contribution in [2.24, 2.45) is 0 Å². The first-order valence-electron chi connectivity index (χ1n) is 5.23. The number of halogens is 1. The first-order chi connectivity index (χ1) is 8.70. The minimum absolute atomic E-state index is 0.211. The molecule has 0 saturated carbocycles. The van der Waals surface area contributed by atoms with Crippen LogP contribution in [0, 0.1) is 12.3 Å². The highest BCUT2D eigenvalue weighted by Crippen LogP contribution is 2.13. The fourth-order valence-electron chi connectivity index (χ4n) is 1.41. The number of terminal acetylenes is 1. The van der Waals surface area contributed by atoms with Crippen LogP contribution in [0.3, 0.4) is 0 Å². The van der Waals surface area contributed by atoms with Gasteiger partial charge in [0.05, 0.1) is 24.0 Å². The van der Waals surface area contributed by atoms with E-state index in [2.05, 4.69) is 32.3 Å². The number of carbonyl (C=O) groups excluding carboxylic acids is 1. The van der Waals surface area contributed by atoms with Gasteiger partial charge in [-0.1, -0.05) is 21.9 Å². The summed E-state index contributed by atoms with van der Waals surface area (Å²) in [7, 11) is 0. The number of hydrogen-bond donors (Lipinski definition) is 1. The summed E-state index contributed by atoms with van der Waals surface area (Å²) in [6, 6.07) is 7.63. The van der Waals surface area contributed by atoms with Crippen LogP contribution in [0.1, 0.15) is 10.4 Å². The quantitative estimate of drug-likeness (QED) is 0.882. The fourth-order valence-corrected chi connectivity index (χ4v) is 1.67. The molecule has 1 aromatic carbocycles. The number of rotatable bonds is 3. The van der Waals surface area contributed by atoms with Crippen LogP contribution in [0.5, 0.6) is 0 Å². The second-order valence-electron chi connectivity index (χ2n) is 3.54. The first-order valence-corrected chi connectivity index (χ1v) is 6.02. The average Bonchev–Trinajstić information content (AvgIpc) is 2.86. The van der Waals surface area contributed by atoms with Gasteiger partial charge in [-0.25, -0.2) is 4.68 Å². The summed E-state index contributed by atoms with van der Waals surface area (Å²) in [5.41, 5.74) is 1.36. The Morgan fingerprint density at radius 2 is 2.17 bits per heavy atom. The van der Waals surface area contributed by atoms with Crippen LogP contribution in [0.25, 0.3) is 5.69 Å². The van der Waals surface area contributed by atoms with Gasteiger partial charge in [0.2, 0.25) is 0 Å². The second kappa shape index (κ2) is 5.52. The molecule has 0 radical (unpaired) electrons. The molecule has 1 aromatic heterocycles. The molecule has 5 heteroatoms. The zero-order chi connectivity index (χ0) is 13.0. The number of benzene rings is 1. The number of nitrogens with zero attached hydrogens (tertiary/aromatic N) is 2. The van der Waals surface area contributed by atoms with E-state index in [1.165, 1.54) is 6.20 Å². The monoisotopic (exact) mass is 303 g/mol. The van der Waals surface area contributed by atoms with Crippen molar-refractivity contribution in [2.75, 3.05) is 6.54 Å². The van der Waals surface area contributed by atoms with Crippen molar-refractivity contribution in [1.82, 2.24) is 15.1 Å². The third-order valence-electron chi connectivity index (χ3n) is 2.29. The Labute approximate surface area is 113 Å². The Balaban J connectivity index is 2.18. The van der Waals surface area contributed by atoms with Gasteiger partial charge in [-0.05, 0) is 24.3 Å². The van der Waals surface area contributed by atoms with E-state index in [0.29, 0.717) is 5.56 Å². The van der Waals surface area contributed by atoms with Crippen LogP contribution in [0.15, 0.2) is 41.1 Å². The van der Waals surface area contributed by atoms with Crippen molar-refractivity contribution in [2.45, 2.75) is 0 Å². The molecule has 0 fully saturated rings. The summed E-state index contributed by atoms with van der Waals surface area (Å²) in [6.45, 7) is 0.211. The van der Waals surface area contributed by atoms with Crippen LogP contribution in [-0.4, -0.2) is 22.2 Å². The van der Waals surface area contributed by atoms with Crippen molar-refractivity contribution in [3.63, 3.8) is 0 Å². The topological polar surface area (TPSA) is 46.9 Å². The highest BCUT2D eigenvalue weighted by molar-refractivity contribution is 9.10. The molecule has 0 atom stereocenters. The molecule has 0 aliphatic heterocycles. The molecular formula is C13H10BrN3O. The van der Waals surface area contributed by atoms with Gasteiger partial charge in [0.15, 0.2) is 0 Å². The molecule has 0 spiro atoms. The van der Waals surface area contributed by atoms with Crippen molar-refractivity contribution in [3.8, 4) is 18.0 Å². The Morgan fingerprint density at radius 3 is 2.83 bits per heavy atom. The van der Waals surface area contributed by atoms with E-state index in [-0.39, 0.29) is 12.5 Å². The zero-order valence-corrected chi connectivity index (χ0v) is 11.0. The van der Waals surface area contributed by atoms with Gasteiger partial charge in [0.25, 0.3) is 5.91 Å². The Morgan fingerprint density at radius 1 is 1.44 bits per heavy atom. The highest BCUT2D eigenvalue weighted by atomic mass is 79.9. The van der Waals surface area contributed by atoms with E-state index in [9.17, 15) is 4.79 Å². The van der Waals surface area contributed by atoms with Gasteiger partial charge in [-0.3, -0.25) is 4.79 Å². The lowest BCUT2D eigenvalue weighted by Crippen LogP contribution is -2.22.